The van der Waals surface area contributed by atoms with Crippen LogP contribution in [0.3, 0.4) is 0 Å². The summed E-state index contributed by atoms with van der Waals surface area (Å²) in [5, 5.41) is 9.11. The van der Waals surface area contributed by atoms with Crippen molar-refractivity contribution in [3.05, 3.63) is 29.6 Å². The highest BCUT2D eigenvalue weighted by Crippen LogP contribution is 2.46. The lowest BCUT2D eigenvalue weighted by molar-refractivity contribution is -0.127. The molecule has 0 aromatic heterocycles. The van der Waals surface area contributed by atoms with Crippen LogP contribution >= 0.6 is 0 Å². The molecular weight excluding hydrogens is 271 g/mol. The molecule has 3 rings (SSSR count). The number of benzene rings is 1. The molecule has 5 heteroatoms. The van der Waals surface area contributed by atoms with Crippen molar-refractivity contribution in [3.63, 3.8) is 0 Å². The van der Waals surface area contributed by atoms with Gasteiger partial charge in [0.05, 0.1) is 16.7 Å². The van der Waals surface area contributed by atoms with Crippen molar-refractivity contribution in [1.29, 1.82) is 5.26 Å². The highest BCUT2D eigenvalue weighted by atomic mass is 19.1. The lowest BCUT2D eigenvalue weighted by Gasteiger charge is -2.30. The molecular formula is C16H15FN2O2. The Balaban J connectivity index is 2.02. The van der Waals surface area contributed by atoms with E-state index in [0.29, 0.717) is 0 Å². The molecule has 21 heavy (non-hydrogen) atoms. The molecule has 1 aromatic rings. The van der Waals surface area contributed by atoms with E-state index in [-0.39, 0.29) is 29.5 Å². The molecule has 1 saturated heterocycles. The summed E-state index contributed by atoms with van der Waals surface area (Å²) in [5.41, 5.74) is -0.378. The van der Waals surface area contributed by atoms with Crippen LogP contribution in [0, 0.1) is 22.6 Å². The van der Waals surface area contributed by atoms with E-state index < -0.39 is 11.2 Å². The zero-order valence-electron chi connectivity index (χ0n) is 11.6. The van der Waals surface area contributed by atoms with Crippen LogP contribution in [0.15, 0.2) is 18.2 Å². The zero-order chi connectivity index (χ0) is 15.0. The average molecular weight is 286 g/mol. The monoisotopic (exact) mass is 286 g/mol. The first-order valence-electron chi connectivity index (χ1n) is 7.14. The number of hydrogen-bond donors (Lipinski definition) is 0. The minimum Gasteiger partial charge on any atom is -0.274 e. The molecule has 0 N–H and O–H groups in total. The lowest BCUT2D eigenvalue weighted by Crippen LogP contribution is -2.37. The number of anilines is 1. The van der Waals surface area contributed by atoms with E-state index in [1.54, 1.807) is 0 Å². The Labute approximate surface area is 122 Å². The summed E-state index contributed by atoms with van der Waals surface area (Å²) in [7, 11) is 0. The van der Waals surface area contributed by atoms with Crippen LogP contribution in [0.25, 0.3) is 0 Å². The van der Waals surface area contributed by atoms with Gasteiger partial charge in [-0.15, -0.1) is 0 Å². The first-order chi connectivity index (χ1) is 10.1. The molecule has 4 nitrogen and oxygen atoms in total. The highest BCUT2D eigenvalue weighted by Gasteiger charge is 2.52. The van der Waals surface area contributed by atoms with Gasteiger partial charge in [0.2, 0.25) is 11.8 Å². The molecule has 1 saturated carbocycles. The number of carbonyl (C=O) groups excluding carboxylic acids is 2. The van der Waals surface area contributed by atoms with Crippen LogP contribution in [0.4, 0.5) is 10.1 Å². The molecule has 1 aliphatic heterocycles. The Morgan fingerprint density at radius 3 is 2.57 bits per heavy atom. The molecule has 1 spiro atoms. The van der Waals surface area contributed by atoms with Gasteiger partial charge >= 0.3 is 0 Å². The number of rotatable bonds is 1. The van der Waals surface area contributed by atoms with Gasteiger partial charge in [-0.05, 0) is 31.0 Å². The van der Waals surface area contributed by atoms with E-state index in [2.05, 4.69) is 0 Å². The van der Waals surface area contributed by atoms with Gasteiger partial charge in [-0.2, -0.15) is 5.26 Å². The van der Waals surface area contributed by atoms with Crippen molar-refractivity contribution in [2.45, 2.75) is 38.5 Å². The lowest BCUT2D eigenvalue weighted by atomic mass is 9.73. The van der Waals surface area contributed by atoms with Crippen LogP contribution in [0.5, 0.6) is 0 Å². The Morgan fingerprint density at radius 2 is 1.90 bits per heavy atom. The van der Waals surface area contributed by atoms with Gasteiger partial charge in [-0.1, -0.05) is 19.3 Å². The Bertz CT molecular complexity index is 657. The third-order valence-electron chi connectivity index (χ3n) is 4.53. The molecule has 2 fully saturated rings. The number of amides is 2. The predicted octanol–water partition coefficient (Wildman–Crippen LogP) is 2.91. The molecule has 0 bridgehead atoms. The highest BCUT2D eigenvalue weighted by molar-refractivity contribution is 6.23. The van der Waals surface area contributed by atoms with E-state index >= 15 is 0 Å². The van der Waals surface area contributed by atoms with Gasteiger partial charge in [0.25, 0.3) is 0 Å². The number of imide groups is 1. The molecule has 2 aliphatic rings. The standard InChI is InChI=1S/C16H15FN2O2/c17-12-4-5-13(11(8-12)10-18)19-14(20)9-16(15(19)21)6-2-1-3-7-16/h4-5,8H,1-3,6-7,9H2. The van der Waals surface area contributed by atoms with E-state index in [4.69, 9.17) is 5.26 Å². The summed E-state index contributed by atoms with van der Waals surface area (Å²) in [4.78, 5) is 26.1. The van der Waals surface area contributed by atoms with Gasteiger partial charge in [0, 0.05) is 6.42 Å². The van der Waals surface area contributed by atoms with Crippen LogP contribution in [0.1, 0.15) is 44.1 Å². The van der Waals surface area contributed by atoms with Crippen LogP contribution in [-0.4, -0.2) is 11.8 Å². The smallest absolute Gasteiger partial charge is 0.240 e. The van der Waals surface area contributed by atoms with Gasteiger partial charge in [-0.25, -0.2) is 9.29 Å². The quantitative estimate of drug-likeness (QED) is 0.746. The molecule has 108 valence electrons. The van der Waals surface area contributed by atoms with E-state index in [1.807, 2.05) is 6.07 Å². The summed E-state index contributed by atoms with van der Waals surface area (Å²) in [6.45, 7) is 0. The largest absolute Gasteiger partial charge is 0.274 e. The maximum Gasteiger partial charge on any atom is 0.240 e. The molecule has 1 heterocycles. The Kier molecular flexibility index (Phi) is 3.25. The number of halogens is 1. The SMILES string of the molecule is N#Cc1cc(F)ccc1N1C(=O)CC2(CCCCC2)C1=O. The van der Waals surface area contributed by atoms with Gasteiger partial charge in [0.1, 0.15) is 11.9 Å². The van der Waals surface area contributed by atoms with E-state index in [1.165, 1.54) is 12.1 Å². The van der Waals surface area contributed by atoms with Crippen molar-refractivity contribution in [2.75, 3.05) is 4.90 Å². The molecule has 1 aromatic carbocycles. The average Bonchev–Trinajstić information content (AvgIpc) is 2.71. The summed E-state index contributed by atoms with van der Waals surface area (Å²) >= 11 is 0. The second-order valence-electron chi connectivity index (χ2n) is 5.83. The van der Waals surface area contributed by atoms with E-state index in [9.17, 15) is 14.0 Å². The van der Waals surface area contributed by atoms with Crippen molar-refractivity contribution in [1.82, 2.24) is 0 Å². The minimum atomic E-state index is -0.601. The third kappa shape index (κ3) is 2.11. The summed E-state index contributed by atoms with van der Waals surface area (Å²) in [6, 6.07) is 5.43. The molecule has 0 unspecified atom stereocenters. The number of carbonyl (C=O) groups is 2. The fraction of sp³-hybridized carbons (Fsp3) is 0.438. The normalized spacial score (nSPS) is 20.9. The van der Waals surface area contributed by atoms with Crippen LogP contribution in [0.2, 0.25) is 0 Å². The topological polar surface area (TPSA) is 61.2 Å². The Hall–Kier alpha value is -2.22. The van der Waals surface area contributed by atoms with Crippen molar-refractivity contribution >= 4 is 17.5 Å². The van der Waals surface area contributed by atoms with Crippen LogP contribution < -0.4 is 4.90 Å². The Morgan fingerprint density at radius 1 is 1.19 bits per heavy atom. The number of nitrogens with zero attached hydrogens (tertiary/aromatic N) is 2. The van der Waals surface area contributed by atoms with Gasteiger partial charge < -0.3 is 0 Å². The summed E-state index contributed by atoms with van der Waals surface area (Å²) < 4.78 is 13.2. The first kappa shape index (κ1) is 13.7. The third-order valence-corrected chi connectivity index (χ3v) is 4.53. The van der Waals surface area contributed by atoms with Crippen molar-refractivity contribution in [3.8, 4) is 6.07 Å². The van der Waals surface area contributed by atoms with Gasteiger partial charge in [-0.3, -0.25) is 9.59 Å². The fourth-order valence-electron chi connectivity index (χ4n) is 3.45. The fourth-order valence-corrected chi connectivity index (χ4v) is 3.45. The summed E-state index contributed by atoms with van der Waals surface area (Å²) in [5.74, 6) is -1.07. The molecule has 2 amide bonds. The van der Waals surface area contributed by atoms with Crippen molar-refractivity contribution < 1.29 is 14.0 Å². The summed E-state index contributed by atoms with van der Waals surface area (Å²) in [6.07, 6.45) is 4.62. The second kappa shape index (κ2) is 4.96. The van der Waals surface area contributed by atoms with Crippen molar-refractivity contribution in [2.24, 2.45) is 5.41 Å². The van der Waals surface area contributed by atoms with E-state index in [0.717, 1.165) is 43.1 Å². The first-order valence-corrected chi connectivity index (χ1v) is 7.14. The zero-order valence-corrected chi connectivity index (χ0v) is 11.6. The predicted molar refractivity (Wildman–Crippen MR) is 73.7 cm³/mol. The molecule has 1 aliphatic carbocycles. The maximum atomic E-state index is 13.2. The number of nitriles is 1. The molecule has 0 radical (unpaired) electrons. The van der Waals surface area contributed by atoms with Gasteiger partial charge in [0.15, 0.2) is 0 Å². The molecule has 0 atom stereocenters. The minimum absolute atomic E-state index is 0.0181. The number of hydrogen-bond acceptors (Lipinski definition) is 3. The second-order valence-corrected chi connectivity index (χ2v) is 5.83. The maximum absolute atomic E-state index is 13.2. The van der Waals surface area contributed by atoms with Crippen LogP contribution in [-0.2, 0) is 9.59 Å².